The molecular weight excluding hydrogens is 484 g/mol. The quantitative estimate of drug-likeness (QED) is 0.559. The SMILES string of the molecule is N#Cc1c(Br)nn(C2CCOCC2)c1NC(=O)Cc1ccc(-c2cc(F)cc(F)c2)nc1. The van der Waals surface area contributed by atoms with E-state index in [9.17, 15) is 18.8 Å². The summed E-state index contributed by atoms with van der Waals surface area (Å²) in [4.78, 5) is 16.9. The Kier molecular flexibility index (Phi) is 6.58. The standard InChI is InChI=1S/C22H18BrF2N5O2/c23-21-18(11-26)22(30(29-21)17-3-5-32-6-4-17)28-20(31)7-13-1-2-19(27-12-13)14-8-15(24)10-16(25)9-14/h1-2,8-10,12,17H,3-7H2,(H,28,31). The third-order valence-corrected chi connectivity index (χ3v) is 5.68. The summed E-state index contributed by atoms with van der Waals surface area (Å²) in [6, 6.07) is 8.54. The van der Waals surface area contributed by atoms with E-state index in [1.165, 1.54) is 18.3 Å². The first-order chi connectivity index (χ1) is 15.4. The van der Waals surface area contributed by atoms with Crippen molar-refractivity contribution in [1.82, 2.24) is 14.8 Å². The highest BCUT2D eigenvalue weighted by molar-refractivity contribution is 9.10. The molecule has 0 aliphatic carbocycles. The number of nitrogens with zero attached hydrogens (tertiary/aromatic N) is 4. The van der Waals surface area contributed by atoms with Crippen molar-refractivity contribution in [2.75, 3.05) is 18.5 Å². The zero-order valence-electron chi connectivity index (χ0n) is 16.8. The van der Waals surface area contributed by atoms with Crippen molar-refractivity contribution in [2.45, 2.75) is 25.3 Å². The largest absolute Gasteiger partial charge is 0.381 e. The number of rotatable bonds is 5. The van der Waals surface area contributed by atoms with E-state index in [0.29, 0.717) is 40.5 Å². The molecule has 0 unspecified atom stereocenters. The number of benzene rings is 1. The highest BCUT2D eigenvalue weighted by atomic mass is 79.9. The maximum atomic E-state index is 13.4. The molecule has 164 valence electrons. The van der Waals surface area contributed by atoms with Crippen molar-refractivity contribution < 1.29 is 18.3 Å². The average Bonchev–Trinajstić information content (AvgIpc) is 3.09. The number of carbonyl (C=O) groups is 1. The van der Waals surface area contributed by atoms with E-state index in [2.05, 4.69) is 37.4 Å². The van der Waals surface area contributed by atoms with Crippen LogP contribution in [0.5, 0.6) is 0 Å². The van der Waals surface area contributed by atoms with Crippen molar-refractivity contribution in [3.05, 3.63) is 63.9 Å². The Morgan fingerprint density at radius 1 is 1.25 bits per heavy atom. The molecule has 4 rings (SSSR count). The molecule has 1 fully saturated rings. The topological polar surface area (TPSA) is 92.8 Å². The molecule has 0 spiro atoms. The van der Waals surface area contributed by atoms with Crippen LogP contribution in [0.4, 0.5) is 14.6 Å². The molecule has 1 aliphatic rings. The molecule has 1 amide bonds. The number of ether oxygens (including phenoxy) is 1. The highest BCUT2D eigenvalue weighted by Gasteiger charge is 2.25. The zero-order valence-corrected chi connectivity index (χ0v) is 18.4. The number of hydrogen-bond acceptors (Lipinski definition) is 5. The Morgan fingerprint density at radius 2 is 1.97 bits per heavy atom. The van der Waals surface area contributed by atoms with Gasteiger partial charge in [0.1, 0.15) is 27.9 Å². The second-order valence-corrected chi connectivity index (χ2v) is 8.10. The van der Waals surface area contributed by atoms with E-state index >= 15 is 0 Å². The van der Waals surface area contributed by atoms with Crippen molar-refractivity contribution in [3.63, 3.8) is 0 Å². The molecule has 7 nitrogen and oxygen atoms in total. The lowest BCUT2D eigenvalue weighted by atomic mass is 10.1. The minimum atomic E-state index is -0.689. The van der Waals surface area contributed by atoms with E-state index < -0.39 is 11.6 Å². The zero-order chi connectivity index (χ0) is 22.7. The summed E-state index contributed by atoms with van der Waals surface area (Å²) in [5.41, 5.74) is 1.56. The van der Waals surface area contributed by atoms with E-state index in [-0.39, 0.29) is 23.9 Å². The fraction of sp³-hybridized carbons (Fsp3) is 0.273. The first-order valence-electron chi connectivity index (χ1n) is 9.91. The van der Waals surface area contributed by atoms with Gasteiger partial charge in [-0.15, -0.1) is 0 Å². The highest BCUT2D eigenvalue weighted by Crippen LogP contribution is 2.31. The number of halogens is 3. The Morgan fingerprint density at radius 3 is 2.59 bits per heavy atom. The molecule has 1 saturated heterocycles. The van der Waals surface area contributed by atoms with Gasteiger partial charge in [0.2, 0.25) is 5.91 Å². The van der Waals surface area contributed by atoms with Gasteiger partial charge in [-0.25, -0.2) is 13.5 Å². The number of nitrogens with one attached hydrogen (secondary N) is 1. The van der Waals surface area contributed by atoms with Crippen LogP contribution in [0.1, 0.15) is 30.0 Å². The number of amides is 1. The molecule has 2 aromatic heterocycles. The number of hydrogen-bond donors (Lipinski definition) is 1. The lowest BCUT2D eigenvalue weighted by Crippen LogP contribution is -2.24. The lowest BCUT2D eigenvalue weighted by Gasteiger charge is -2.24. The Bertz CT molecular complexity index is 1160. The van der Waals surface area contributed by atoms with Crippen LogP contribution < -0.4 is 5.32 Å². The maximum absolute atomic E-state index is 13.4. The number of carbonyl (C=O) groups excluding carboxylic acids is 1. The first-order valence-corrected chi connectivity index (χ1v) is 10.7. The summed E-state index contributed by atoms with van der Waals surface area (Å²) < 4.78 is 34.3. The van der Waals surface area contributed by atoms with Gasteiger partial charge in [-0.1, -0.05) is 6.07 Å². The molecule has 1 aromatic carbocycles. The molecule has 3 heterocycles. The fourth-order valence-electron chi connectivity index (χ4n) is 3.58. The average molecular weight is 502 g/mol. The molecule has 32 heavy (non-hydrogen) atoms. The Hall–Kier alpha value is -3.16. The Balaban J connectivity index is 1.50. The van der Waals surface area contributed by atoms with E-state index in [0.717, 1.165) is 18.9 Å². The van der Waals surface area contributed by atoms with Crippen LogP contribution >= 0.6 is 15.9 Å². The summed E-state index contributed by atoms with van der Waals surface area (Å²) in [7, 11) is 0. The Labute approximate surface area is 191 Å². The van der Waals surface area contributed by atoms with Crippen molar-refractivity contribution in [2.24, 2.45) is 0 Å². The second kappa shape index (κ2) is 9.54. The summed E-state index contributed by atoms with van der Waals surface area (Å²) >= 11 is 3.29. The van der Waals surface area contributed by atoms with E-state index in [4.69, 9.17) is 4.74 Å². The number of aromatic nitrogens is 3. The third kappa shape index (κ3) is 4.84. The number of pyridine rings is 1. The molecule has 10 heteroatoms. The van der Waals surface area contributed by atoms with Crippen LogP contribution in [0.3, 0.4) is 0 Å². The first kappa shape index (κ1) is 22.0. The van der Waals surface area contributed by atoms with Gasteiger partial charge in [0, 0.05) is 31.0 Å². The van der Waals surface area contributed by atoms with Gasteiger partial charge in [-0.2, -0.15) is 10.4 Å². The third-order valence-electron chi connectivity index (χ3n) is 5.12. The number of nitriles is 1. The molecule has 1 aliphatic heterocycles. The molecule has 0 atom stereocenters. The van der Waals surface area contributed by atoms with Crippen molar-refractivity contribution >= 4 is 27.7 Å². The van der Waals surface area contributed by atoms with Crippen molar-refractivity contribution in [3.8, 4) is 17.3 Å². The fourth-order valence-corrected chi connectivity index (χ4v) is 4.03. The van der Waals surface area contributed by atoms with Gasteiger partial charge >= 0.3 is 0 Å². The van der Waals surface area contributed by atoms with Gasteiger partial charge in [-0.05, 0) is 52.5 Å². The monoisotopic (exact) mass is 501 g/mol. The second-order valence-electron chi connectivity index (χ2n) is 7.35. The molecule has 1 N–H and O–H groups in total. The normalized spacial score (nSPS) is 14.2. The van der Waals surface area contributed by atoms with Crippen LogP contribution in [0.25, 0.3) is 11.3 Å². The smallest absolute Gasteiger partial charge is 0.230 e. The summed E-state index contributed by atoms with van der Waals surface area (Å²) in [5.74, 6) is -1.37. The van der Waals surface area contributed by atoms with Gasteiger partial charge in [0.25, 0.3) is 0 Å². The van der Waals surface area contributed by atoms with E-state index in [1.54, 1.807) is 16.8 Å². The molecular formula is C22H18BrF2N5O2. The number of anilines is 1. The molecule has 3 aromatic rings. The van der Waals surface area contributed by atoms with Gasteiger partial charge in [0.05, 0.1) is 18.2 Å². The van der Waals surface area contributed by atoms with E-state index in [1.807, 2.05) is 0 Å². The van der Waals surface area contributed by atoms with Gasteiger partial charge < -0.3 is 10.1 Å². The summed E-state index contributed by atoms with van der Waals surface area (Å²) in [5, 5.41) is 16.7. The van der Waals surface area contributed by atoms with Crippen LogP contribution in [0.15, 0.2) is 41.1 Å². The van der Waals surface area contributed by atoms with Crippen molar-refractivity contribution in [1.29, 1.82) is 5.26 Å². The van der Waals surface area contributed by atoms with Crippen LogP contribution in [0, 0.1) is 23.0 Å². The van der Waals surface area contributed by atoms with Crippen LogP contribution in [0.2, 0.25) is 0 Å². The molecule has 0 bridgehead atoms. The maximum Gasteiger partial charge on any atom is 0.230 e. The predicted octanol–water partition coefficient (Wildman–Crippen LogP) is 4.39. The lowest BCUT2D eigenvalue weighted by molar-refractivity contribution is -0.115. The summed E-state index contributed by atoms with van der Waals surface area (Å²) in [6.07, 6.45) is 2.95. The predicted molar refractivity (Wildman–Crippen MR) is 116 cm³/mol. The van der Waals surface area contributed by atoms with Gasteiger partial charge in [-0.3, -0.25) is 9.78 Å². The van der Waals surface area contributed by atoms with Gasteiger partial charge in [0.15, 0.2) is 5.82 Å². The van der Waals surface area contributed by atoms with Crippen LogP contribution in [-0.2, 0) is 16.0 Å². The van der Waals surface area contributed by atoms with Crippen LogP contribution in [-0.4, -0.2) is 33.9 Å². The summed E-state index contributed by atoms with van der Waals surface area (Å²) in [6.45, 7) is 1.18. The molecule has 0 saturated carbocycles. The minimum Gasteiger partial charge on any atom is -0.381 e. The minimum absolute atomic E-state index is 0.00619. The molecule has 0 radical (unpaired) electrons.